The molecule has 0 radical (unpaired) electrons. The lowest BCUT2D eigenvalue weighted by atomic mass is 10.2. The van der Waals surface area contributed by atoms with Gasteiger partial charge in [0.25, 0.3) is 5.91 Å². The maximum absolute atomic E-state index is 12.5. The van der Waals surface area contributed by atoms with Gasteiger partial charge < -0.3 is 9.47 Å². The molecule has 9 heteroatoms. The van der Waals surface area contributed by atoms with Crippen LogP contribution in [0.25, 0.3) is 0 Å². The van der Waals surface area contributed by atoms with Crippen molar-refractivity contribution in [3.05, 3.63) is 54.1 Å². The normalized spacial score (nSPS) is 12.6. The van der Waals surface area contributed by atoms with E-state index in [1.807, 2.05) is 13.8 Å². The number of hydrazone groups is 1. The van der Waals surface area contributed by atoms with Crippen molar-refractivity contribution in [2.24, 2.45) is 5.10 Å². The Balaban J connectivity index is 2.08. The van der Waals surface area contributed by atoms with E-state index in [1.54, 1.807) is 48.5 Å². The van der Waals surface area contributed by atoms with Crippen LogP contribution in [0.4, 0.5) is 5.69 Å². The average Bonchev–Trinajstić information content (AvgIpc) is 2.68. The van der Waals surface area contributed by atoms with Crippen LogP contribution in [-0.2, 0) is 14.8 Å². The van der Waals surface area contributed by atoms with E-state index in [0.29, 0.717) is 11.4 Å². The van der Waals surface area contributed by atoms with E-state index in [1.165, 1.54) is 20.2 Å². The number of rotatable bonds is 9. The zero-order chi connectivity index (χ0) is 22.3. The minimum Gasteiger partial charge on any atom is -0.497 e. The van der Waals surface area contributed by atoms with Gasteiger partial charge in [-0.3, -0.25) is 9.10 Å². The molecule has 0 aliphatic rings. The molecule has 0 unspecified atom stereocenters. The summed E-state index contributed by atoms with van der Waals surface area (Å²) in [7, 11) is -2.19. The summed E-state index contributed by atoms with van der Waals surface area (Å²) in [4.78, 5) is 12.5. The number of amides is 1. The summed E-state index contributed by atoms with van der Waals surface area (Å²) < 4.78 is 36.3. The summed E-state index contributed by atoms with van der Waals surface area (Å²) in [6.45, 7) is 5.38. The van der Waals surface area contributed by atoms with Crippen molar-refractivity contribution >= 4 is 27.8 Å². The zero-order valence-corrected chi connectivity index (χ0v) is 18.5. The van der Waals surface area contributed by atoms with Gasteiger partial charge >= 0.3 is 0 Å². The molecule has 2 rings (SSSR count). The number of methoxy groups -OCH3 is 1. The Morgan fingerprint density at radius 3 is 2.10 bits per heavy atom. The lowest BCUT2D eigenvalue weighted by Crippen LogP contribution is -2.46. The van der Waals surface area contributed by atoms with Crippen molar-refractivity contribution in [1.29, 1.82) is 0 Å². The molecule has 0 aliphatic carbocycles. The molecule has 1 amide bonds. The van der Waals surface area contributed by atoms with Gasteiger partial charge in [0, 0.05) is 0 Å². The lowest BCUT2D eigenvalue weighted by Gasteiger charge is -2.27. The summed E-state index contributed by atoms with van der Waals surface area (Å²) >= 11 is 0. The minimum atomic E-state index is -3.71. The molecule has 0 saturated heterocycles. The second kappa shape index (κ2) is 10.1. The maximum atomic E-state index is 12.5. The van der Waals surface area contributed by atoms with Crippen molar-refractivity contribution in [2.75, 3.05) is 17.7 Å². The highest BCUT2D eigenvalue weighted by Crippen LogP contribution is 2.23. The quantitative estimate of drug-likeness (QED) is 0.484. The number of ether oxygens (including phenoxy) is 2. The second-order valence-electron chi connectivity index (χ2n) is 6.90. The molecular weight excluding hydrogens is 406 g/mol. The topological polar surface area (TPSA) is 97.3 Å². The third kappa shape index (κ3) is 6.48. The van der Waals surface area contributed by atoms with Gasteiger partial charge in [-0.15, -0.1) is 0 Å². The Kier molecular flexibility index (Phi) is 7.82. The summed E-state index contributed by atoms with van der Waals surface area (Å²) in [6, 6.07) is 12.6. The summed E-state index contributed by atoms with van der Waals surface area (Å²) in [5, 5.41) is 3.93. The van der Waals surface area contributed by atoms with Crippen molar-refractivity contribution in [1.82, 2.24) is 5.43 Å². The van der Waals surface area contributed by atoms with E-state index in [0.717, 1.165) is 21.9 Å². The van der Waals surface area contributed by atoms with Crippen LogP contribution in [-0.4, -0.2) is 46.1 Å². The number of carbonyl (C=O) groups excluding carboxylic acids is 1. The van der Waals surface area contributed by atoms with Gasteiger partial charge in [0.05, 0.1) is 31.4 Å². The van der Waals surface area contributed by atoms with Gasteiger partial charge in [-0.2, -0.15) is 5.10 Å². The first-order valence-corrected chi connectivity index (χ1v) is 11.2. The van der Waals surface area contributed by atoms with Crippen LogP contribution in [0, 0.1) is 0 Å². The number of sulfonamides is 1. The van der Waals surface area contributed by atoms with Crippen molar-refractivity contribution in [3.8, 4) is 11.5 Å². The van der Waals surface area contributed by atoms with E-state index in [9.17, 15) is 13.2 Å². The molecule has 1 atom stereocenters. The van der Waals surface area contributed by atoms with E-state index < -0.39 is 22.0 Å². The zero-order valence-electron chi connectivity index (χ0n) is 17.7. The molecule has 0 saturated carbocycles. The maximum Gasteiger partial charge on any atom is 0.263 e. The fraction of sp³-hybridized carbons (Fsp3) is 0.333. The number of anilines is 1. The Hall–Kier alpha value is -3.07. The molecule has 0 bridgehead atoms. The monoisotopic (exact) mass is 433 g/mol. The molecule has 0 heterocycles. The standard InChI is InChI=1S/C21H27N3O5S/c1-15(2)29-20-10-6-17(7-11-20)14-22-23-21(25)16(3)24(30(5,26)27)18-8-12-19(28-4)13-9-18/h6-16H,1-5H3,(H,23,25)/b22-14-/t16-/m0/s1. The van der Waals surface area contributed by atoms with Crippen LogP contribution in [0.15, 0.2) is 53.6 Å². The fourth-order valence-electron chi connectivity index (χ4n) is 2.71. The Bertz CT molecular complexity index is 971. The van der Waals surface area contributed by atoms with Crippen LogP contribution in [0.1, 0.15) is 26.3 Å². The van der Waals surface area contributed by atoms with Gasteiger partial charge in [-0.05, 0) is 74.9 Å². The molecule has 2 aromatic carbocycles. The van der Waals surface area contributed by atoms with Crippen LogP contribution in [0.2, 0.25) is 0 Å². The lowest BCUT2D eigenvalue weighted by molar-refractivity contribution is -0.121. The highest BCUT2D eigenvalue weighted by atomic mass is 32.2. The van der Waals surface area contributed by atoms with E-state index in [-0.39, 0.29) is 6.10 Å². The van der Waals surface area contributed by atoms with Crippen molar-refractivity contribution < 1.29 is 22.7 Å². The van der Waals surface area contributed by atoms with Gasteiger partial charge in [0.2, 0.25) is 10.0 Å². The molecular formula is C21H27N3O5S. The molecule has 2 aromatic rings. The summed E-state index contributed by atoms with van der Waals surface area (Å²) in [5.41, 5.74) is 3.50. The Labute approximate surface area is 177 Å². The largest absolute Gasteiger partial charge is 0.497 e. The third-order valence-electron chi connectivity index (χ3n) is 4.06. The number of carbonyl (C=O) groups is 1. The molecule has 0 aliphatic heterocycles. The molecule has 162 valence electrons. The van der Waals surface area contributed by atoms with Gasteiger partial charge in [-0.25, -0.2) is 13.8 Å². The van der Waals surface area contributed by atoms with Crippen molar-refractivity contribution in [3.63, 3.8) is 0 Å². The van der Waals surface area contributed by atoms with Crippen LogP contribution in [0.3, 0.4) is 0 Å². The van der Waals surface area contributed by atoms with E-state index >= 15 is 0 Å². The Morgan fingerprint density at radius 1 is 1.03 bits per heavy atom. The van der Waals surface area contributed by atoms with Crippen LogP contribution in [0.5, 0.6) is 11.5 Å². The third-order valence-corrected chi connectivity index (χ3v) is 5.30. The molecule has 8 nitrogen and oxygen atoms in total. The number of hydrogen-bond donors (Lipinski definition) is 1. The number of nitrogens with zero attached hydrogens (tertiary/aromatic N) is 2. The number of nitrogens with one attached hydrogen (secondary N) is 1. The minimum absolute atomic E-state index is 0.0776. The smallest absolute Gasteiger partial charge is 0.263 e. The second-order valence-corrected chi connectivity index (χ2v) is 8.76. The molecule has 30 heavy (non-hydrogen) atoms. The van der Waals surface area contributed by atoms with Crippen LogP contribution >= 0.6 is 0 Å². The average molecular weight is 434 g/mol. The molecule has 0 aromatic heterocycles. The first-order chi connectivity index (χ1) is 14.1. The molecule has 0 fully saturated rings. The highest BCUT2D eigenvalue weighted by Gasteiger charge is 2.29. The molecule has 0 spiro atoms. The predicted octanol–water partition coefficient (Wildman–Crippen LogP) is 2.79. The SMILES string of the molecule is COc1ccc(N([C@@H](C)C(=O)N/N=C\c2ccc(OC(C)C)cc2)S(C)(=O)=O)cc1. The van der Waals surface area contributed by atoms with E-state index in [4.69, 9.17) is 9.47 Å². The first-order valence-electron chi connectivity index (χ1n) is 9.35. The van der Waals surface area contributed by atoms with Crippen molar-refractivity contribution in [2.45, 2.75) is 32.9 Å². The predicted molar refractivity (Wildman–Crippen MR) is 118 cm³/mol. The summed E-state index contributed by atoms with van der Waals surface area (Å²) in [5.74, 6) is 0.758. The van der Waals surface area contributed by atoms with Gasteiger partial charge in [0.15, 0.2) is 0 Å². The van der Waals surface area contributed by atoms with Gasteiger partial charge in [0.1, 0.15) is 17.5 Å². The number of benzene rings is 2. The fourth-order valence-corrected chi connectivity index (χ4v) is 3.88. The molecule has 1 N–H and O–H groups in total. The highest BCUT2D eigenvalue weighted by molar-refractivity contribution is 7.92. The Morgan fingerprint density at radius 2 is 1.60 bits per heavy atom. The van der Waals surface area contributed by atoms with E-state index in [2.05, 4.69) is 10.5 Å². The van der Waals surface area contributed by atoms with Gasteiger partial charge in [-0.1, -0.05) is 0 Å². The number of hydrogen-bond acceptors (Lipinski definition) is 6. The summed E-state index contributed by atoms with van der Waals surface area (Å²) in [6.07, 6.45) is 2.60. The van der Waals surface area contributed by atoms with Crippen LogP contribution < -0.4 is 19.2 Å². The first kappa shape index (κ1) is 23.2.